The summed E-state index contributed by atoms with van der Waals surface area (Å²) in [4.78, 5) is 19.1. The molecular weight excluding hydrogens is 340 g/mol. The number of benzene rings is 2. The first-order valence-electron chi connectivity index (χ1n) is 9.13. The number of likely N-dealkylation sites (N-methyl/N-ethyl adjacent to an activating group) is 1. The molecule has 6 nitrogen and oxygen atoms in total. The molecule has 0 saturated heterocycles. The number of carbonyl (C=O) groups is 1. The van der Waals surface area contributed by atoms with Gasteiger partial charge in [0.1, 0.15) is 0 Å². The quantitative estimate of drug-likeness (QED) is 0.755. The lowest BCUT2D eigenvalue weighted by Crippen LogP contribution is -2.48. The number of fused-ring (bicyclic) bond motifs is 1. The molecule has 0 spiro atoms. The average Bonchev–Trinajstić information content (AvgIpc) is 3.17. The van der Waals surface area contributed by atoms with Crippen molar-refractivity contribution >= 4 is 5.91 Å². The van der Waals surface area contributed by atoms with Crippen LogP contribution in [0.3, 0.4) is 0 Å². The maximum atomic E-state index is 12.6. The zero-order valence-electron chi connectivity index (χ0n) is 15.3. The Bertz CT molecular complexity index is 923. The van der Waals surface area contributed by atoms with Crippen LogP contribution in [-0.4, -0.2) is 40.6 Å². The second kappa shape index (κ2) is 7.72. The van der Waals surface area contributed by atoms with Crippen molar-refractivity contribution in [2.24, 2.45) is 0 Å². The van der Waals surface area contributed by atoms with E-state index in [0.29, 0.717) is 24.7 Å². The Labute approximate surface area is 158 Å². The van der Waals surface area contributed by atoms with Crippen molar-refractivity contribution in [2.75, 3.05) is 13.6 Å². The Morgan fingerprint density at radius 3 is 2.70 bits per heavy atom. The van der Waals surface area contributed by atoms with Gasteiger partial charge in [0, 0.05) is 25.1 Å². The first-order valence-corrected chi connectivity index (χ1v) is 9.13. The lowest BCUT2D eigenvalue weighted by Gasteiger charge is -2.33. The second-order valence-corrected chi connectivity index (χ2v) is 6.83. The van der Waals surface area contributed by atoms with Crippen molar-refractivity contribution in [3.8, 4) is 11.5 Å². The van der Waals surface area contributed by atoms with E-state index in [2.05, 4.69) is 32.5 Å². The predicted octanol–water partition coefficient (Wildman–Crippen LogP) is 2.45. The summed E-state index contributed by atoms with van der Waals surface area (Å²) in [6.45, 7) is 1.28. The Morgan fingerprint density at radius 2 is 1.89 bits per heavy atom. The minimum Gasteiger partial charge on any atom is -0.354 e. The summed E-state index contributed by atoms with van der Waals surface area (Å²) in [7, 11) is 1.99. The Hall–Kier alpha value is -2.99. The topological polar surface area (TPSA) is 71.3 Å². The molecule has 0 fully saturated rings. The van der Waals surface area contributed by atoms with E-state index in [4.69, 9.17) is 4.52 Å². The maximum Gasteiger partial charge on any atom is 0.257 e. The fourth-order valence-electron chi connectivity index (χ4n) is 3.42. The van der Waals surface area contributed by atoms with Crippen LogP contribution >= 0.6 is 0 Å². The molecule has 27 heavy (non-hydrogen) atoms. The van der Waals surface area contributed by atoms with Crippen molar-refractivity contribution < 1.29 is 9.32 Å². The minimum absolute atomic E-state index is 0.0405. The van der Waals surface area contributed by atoms with Gasteiger partial charge in [0.15, 0.2) is 5.82 Å². The monoisotopic (exact) mass is 362 g/mol. The molecule has 0 aliphatic carbocycles. The fraction of sp³-hybridized carbons (Fsp3) is 0.286. The van der Waals surface area contributed by atoms with Crippen LogP contribution in [0.4, 0.5) is 0 Å². The molecule has 1 unspecified atom stereocenters. The molecule has 2 heterocycles. The largest absolute Gasteiger partial charge is 0.354 e. The van der Waals surface area contributed by atoms with Crippen molar-refractivity contribution in [3.63, 3.8) is 0 Å². The number of rotatable bonds is 5. The van der Waals surface area contributed by atoms with E-state index in [9.17, 15) is 4.79 Å². The smallest absolute Gasteiger partial charge is 0.257 e. The zero-order valence-corrected chi connectivity index (χ0v) is 15.3. The Morgan fingerprint density at radius 1 is 1.15 bits per heavy atom. The van der Waals surface area contributed by atoms with Gasteiger partial charge in [-0.05, 0) is 36.7 Å². The number of hydrogen-bond donors (Lipinski definition) is 1. The molecule has 4 rings (SSSR count). The molecular formula is C21H22N4O2. The van der Waals surface area contributed by atoms with Crippen LogP contribution < -0.4 is 5.32 Å². The van der Waals surface area contributed by atoms with E-state index >= 15 is 0 Å². The minimum atomic E-state index is -0.148. The van der Waals surface area contributed by atoms with Gasteiger partial charge in [0.2, 0.25) is 5.91 Å². The van der Waals surface area contributed by atoms with Gasteiger partial charge in [-0.3, -0.25) is 9.69 Å². The van der Waals surface area contributed by atoms with Crippen LogP contribution in [0, 0.1) is 0 Å². The third kappa shape index (κ3) is 3.90. The van der Waals surface area contributed by atoms with Crippen molar-refractivity contribution in [2.45, 2.75) is 25.4 Å². The summed E-state index contributed by atoms with van der Waals surface area (Å²) in [5.41, 5.74) is 3.44. The lowest BCUT2D eigenvalue weighted by molar-refractivity contribution is -0.126. The molecule has 1 aromatic heterocycles. The average molecular weight is 362 g/mol. The highest BCUT2D eigenvalue weighted by atomic mass is 16.5. The summed E-state index contributed by atoms with van der Waals surface area (Å²) in [6, 6.07) is 17.8. The maximum absolute atomic E-state index is 12.6. The van der Waals surface area contributed by atoms with Crippen LogP contribution in [0.5, 0.6) is 0 Å². The molecule has 6 heteroatoms. The summed E-state index contributed by atoms with van der Waals surface area (Å²) in [6.07, 6.45) is 1.27. The molecule has 138 valence electrons. The number of amides is 1. The Balaban J connectivity index is 1.32. The fourth-order valence-corrected chi connectivity index (χ4v) is 3.42. The Kier molecular flexibility index (Phi) is 4.98. The molecule has 1 amide bonds. The molecule has 2 aromatic carbocycles. The van der Waals surface area contributed by atoms with Crippen LogP contribution in [0.25, 0.3) is 11.5 Å². The molecule has 1 aliphatic rings. The summed E-state index contributed by atoms with van der Waals surface area (Å²) >= 11 is 0. The number of nitrogens with one attached hydrogen (secondary N) is 1. The summed E-state index contributed by atoms with van der Waals surface area (Å²) < 4.78 is 5.30. The highest BCUT2D eigenvalue weighted by Crippen LogP contribution is 2.22. The number of nitrogens with zero attached hydrogens (tertiary/aromatic N) is 3. The molecule has 1 atom stereocenters. The van der Waals surface area contributed by atoms with E-state index in [0.717, 1.165) is 18.5 Å². The first kappa shape index (κ1) is 17.4. The van der Waals surface area contributed by atoms with Gasteiger partial charge in [0.05, 0.1) is 6.04 Å². The van der Waals surface area contributed by atoms with Crippen molar-refractivity contribution in [1.29, 1.82) is 0 Å². The number of carbonyl (C=O) groups excluding carboxylic acids is 1. The van der Waals surface area contributed by atoms with Crippen LogP contribution in [0.1, 0.15) is 17.0 Å². The molecule has 3 aromatic rings. The van der Waals surface area contributed by atoms with E-state index in [1.807, 2.05) is 49.5 Å². The van der Waals surface area contributed by atoms with Crippen molar-refractivity contribution in [3.05, 3.63) is 71.5 Å². The lowest BCUT2D eigenvalue weighted by atomic mass is 9.94. The van der Waals surface area contributed by atoms with E-state index < -0.39 is 0 Å². The van der Waals surface area contributed by atoms with E-state index in [-0.39, 0.29) is 11.9 Å². The molecule has 0 radical (unpaired) electrons. The zero-order chi connectivity index (χ0) is 18.6. The van der Waals surface area contributed by atoms with Gasteiger partial charge in [-0.2, -0.15) is 4.98 Å². The molecule has 1 aliphatic heterocycles. The van der Waals surface area contributed by atoms with Crippen LogP contribution in [0.2, 0.25) is 0 Å². The summed E-state index contributed by atoms with van der Waals surface area (Å²) in [5.74, 6) is 1.14. The van der Waals surface area contributed by atoms with Crippen molar-refractivity contribution in [1.82, 2.24) is 20.4 Å². The predicted molar refractivity (Wildman–Crippen MR) is 102 cm³/mol. The second-order valence-electron chi connectivity index (χ2n) is 6.83. The van der Waals surface area contributed by atoms with E-state index in [1.165, 1.54) is 11.1 Å². The van der Waals surface area contributed by atoms with Gasteiger partial charge in [0.25, 0.3) is 5.89 Å². The summed E-state index contributed by atoms with van der Waals surface area (Å²) in [5, 5.41) is 7.01. The van der Waals surface area contributed by atoms with Crippen LogP contribution in [-0.2, 0) is 24.2 Å². The third-order valence-corrected chi connectivity index (χ3v) is 4.92. The van der Waals surface area contributed by atoms with Crippen LogP contribution in [0.15, 0.2) is 59.1 Å². The highest BCUT2D eigenvalue weighted by molar-refractivity contribution is 5.82. The standard InChI is InChI=1S/C21H22N4O2/c1-25-14-17-10-6-5-9-16(17)13-18(25)20(26)22-12-11-19-23-21(27-24-19)15-7-3-2-4-8-15/h2-10,18H,11-14H2,1H3,(H,22,26). The molecule has 0 saturated carbocycles. The number of hydrogen-bond acceptors (Lipinski definition) is 5. The van der Waals surface area contributed by atoms with E-state index in [1.54, 1.807) is 0 Å². The SMILES string of the molecule is CN1Cc2ccccc2CC1C(=O)NCCc1noc(-c2ccccc2)n1. The number of aromatic nitrogens is 2. The molecule has 0 bridgehead atoms. The normalized spacial score (nSPS) is 16.7. The van der Waals surface area contributed by atoms with Gasteiger partial charge >= 0.3 is 0 Å². The van der Waals surface area contributed by atoms with Gasteiger partial charge in [-0.15, -0.1) is 0 Å². The molecule has 1 N–H and O–H groups in total. The highest BCUT2D eigenvalue weighted by Gasteiger charge is 2.28. The third-order valence-electron chi connectivity index (χ3n) is 4.92. The van der Waals surface area contributed by atoms with Gasteiger partial charge < -0.3 is 9.84 Å². The van der Waals surface area contributed by atoms with Gasteiger partial charge in [-0.1, -0.05) is 47.6 Å². The van der Waals surface area contributed by atoms with Gasteiger partial charge in [-0.25, -0.2) is 0 Å². The first-order chi connectivity index (χ1) is 13.2.